The van der Waals surface area contributed by atoms with Gasteiger partial charge in [0.1, 0.15) is 5.75 Å². The molecule has 25 heavy (non-hydrogen) atoms. The summed E-state index contributed by atoms with van der Waals surface area (Å²) in [5, 5.41) is 0. The van der Waals surface area contributed by atoms with Crippen LogP contribution in [0.4, 0.5) is 0 Å². The number of rotatable bonds is 6. The quantitative estimate of drug-likeness (QED) is 0.487. The van der Waals surface area contributed by atoms with Crippen molar-refractivity contribution >= 4 is 24.3 Å². The Kier molecular flexibility index (Phi) is 5.84. The molecule has 0 atom stereocenters. The van der Waals surface area contributed by atoms with Gasteiger partial charge >= 0.3 is 0 Å². The summed E-state index contributed by atoms with van der Waals surface area (Å²) in [6.07, 6.45) is 8.44. The van der Waals surface area contributed by atoms with Crippen LogP contribution < -0.4 is 4.74 Å². The molecule has 0 unspecified atom stereocenters. The summed E-state index contributed by atoms with van der Waals surface area (Å²) in [6, 6.07) is 26.6. The molecule has 0 saturated heterocycles. The van der Waals surface area contributed by atoms with E-state index in [2.05, 4.69) is 61.6 Å². The lowest BCUT2D eigenvalue weighted by atomic mass is 10.0. The number of benzene rings is 3. The van der Waals surface area contributed by atoms with E-state index in [-0.39, 0.29) is 0 Å². The van der Waals surface area contributed by atoms with Crippen LogP contribution in [0.1, 0.15) is 22.3 Å². The zero-order valence-corrected chi connectivity index (χ0v) is 14.1. The van der Waals surface area contributed by atoms with E-state index in [1.165, 1.54) is 5.56 Å². The highest BCUT2D eigenvalue weighted by Crippen LogP contribution is 2.27. The number of hydrogen-bond donors (Lipinski definition) is 0. The fraction of sp³-hybridized carbons (Fsp3) is 0.0417. The highest BCUT2D eigenvalue weighted by atomic mass is 16.5. The van der Waals surface area contributed by atoms with Gasteiger partial charge in [0, 0.05) is 5.56 Å². The molecule has 0 aliphatic carbocycles. The molecule has 1 radical (unpaired) electrons. The lowest BCUT2D eigenvalue weighted by Crippen LogP contribution is -1.95. The van der Waals surface area contributed by atoms with Crippen molar-refractivity contribution in [3.8, 4) is 5.75 Å². The van der Waals surface area contributed by atoms with Crippen molar-refractivity contribution in [3.05, 3.63) is 108 Å². The predicted molar refractivity (Wildman–Crippen MR) is 108 cm³/mol. The fourth-order valence-electron chi connectivity index (χ4n) is 2.61. The first-order valence-corrected chi connectivity index (χ1v) is 8.38. The van der Waals surface area contributed by atoms with Gasteiger partial charge in [-0.1, -0.05) is 97.1 Å². The van der Waals surface area contributed by atoms with Crippen molar-refractivity contribution in [1.29, 1.82) is 0 Å². The van der Waals surface area contributed by atoms with Crippen molar-refractivity contribution in [2.75, 3.05) is 6.61 Å². The molecule has 0 fully saturated rings. The van der Waals surface area contributed by atoms with Crippen LogP contribution in [0, 0.1) is 6.92 Å². The maximum absolute atomic E-state index is 5.72. The molecule has 0 aliphatic heterocycles. The SMILES string of the molecule is [CH2]COc1cccc(C=Cc2ccccc2)c1C=Cc1ccccc1. The minimum atomic E-state index is 0.401. The maximum Gasteiger partial charge on any atom is 0.127 e. The Balaban J connectivity index is 1.96. The van der Waals surface area contributed by atoms with E-state index in [0.29, 0.717) is 6.61 Å². The average molecular weight is 325 g/mol. The van der Waals surface area contributed by atoms with Crippen LogP contribution in [0.5, 0.6) is 5.75 Å². The second kappa shape index (κ2) is 8.70. The summed E-state index contributed by atoms with van der Waals surface area (Å²) in [5.41, 5.74) is 4.50. The first-order valence-electron chi connectivity index (χ1n) is 8.38. The summed E-state index contributed by atoms with van der Waals surface area (Å²) in [5.74, 6) is 0.845. The molecule has 0 bridgehead atoms. The molecule has 0 spiro atoms. The second-order valence-electron chi connectivity index (χ2n) is 5.60. The van der Waals surface area contributed by atoms with E-state index in [1.807, 2.05) is 48.5 Å². The van der Waals surface area contributed by atoms with Crippen LogP contribution in [0.3, 0.4) is 0 Å². The molecule has 0 N–H and O–H groups in total. The van der Waals surface area contributed by atoms with Crippen LogP contribution >= 0.6 is 0 Å². The summed E-state index contributed by atoms with van der Waals surface area (Å²) >= 11 is 0. The van der Waals surface area contributed by atoms with Crippen molar-refractivity contribution in [1.82, 2.24) is 0 Å². The third-order valence-corrected chi connectivity index (χ3v) is 3.85. The van der Waals surface area contributed by atoms with E-state index >= 15 is 0 Å². The molecule has 123 valence electrons. The summed E-state index contributed by atoms with van der Waals surface area (Å²) in [4.78, 5) is 0. The van der Waals surface area contributed by atoms with Crippen molar-refractivity contribution < 1.29 is 4.74 Å². The van der Waals surface area contributed by atoms with Gasteiger partial charge in [0.05, 0.1) is 6.61 Å². The Morgan fingerprint density at radius 1 is 0.640 bits per heavy atom. The van der Waals surface area contributed by atoms with Gasteiger partial charge in [0.15, 0.2) is 0 Å². The third-order valence-electron chi connectivity index (χ3n) is 3.85. The molecule has 3 aromatic carbocycles. The molecule has 0 aromatic heterocycles. The molecule has 0 heterocycles. The van der Waals surface area contributed by atoms with Gasteiger partial charge in [-0.15, -0.1) is 0 Å². The number of ether oxygens (including phenoxy) is 1. The Bertz CT molecular complexity index is 846. The molecule has 0 saturated carbocycles. The molecule has 1 heteroatoms. The molecule has 0 aliphatic rings. The minimum absolute atomic E-state index is 0.401. The van der Waals surface area contributed by atoms with Gasteiger partial charge in [0.2, 0.25) is 0 Å². The predicted octanol–water partition coefficient (Wildman–Crippen LogP) is 6.24. The highest BCUT2D eigenvalue weighted by molar-refractivity contribution is 5.82. The van der Waals surface area contributed by atoms with Crippen molar-refractivity contribution in [3.63, 3.8) is 0 Å². The highest BCUT2D eigenvalue weighted by Gasteiger charge is 2.04. The van der Waals surface area contributed by atoms with E-state index in [0.717, 1.165) is 22.4 Å². The Morgan fingerprint density at radius 2 is 1.24 bits per heavy atom. The second-order valence-corrected chi connectivity index (χ2v) is 5.60. The van der Waals surface area contributed by atoms with Gasteiger partial charge in [0.25, 0.3) is 0 Å². The van der Waals surface area contributed by atoms with Crippen LogP contribution in [0.15, 0.2) is 78.9 Å². The molecule has 3 aromatic rings. The van der Waals surface area contributed by atoms with E-state index < -0.39 is 0 Å². The number of hydrogen-bond acceptors (Lipinski definition) is 1. The molecule has 1 nitrogen and oxygen atoms in total. The summed E-state index contributed by atoms with van der Waals surface area (Å²) < 4.78 is 5.72. The lowest BCUT2D eigenvalue weighted by Gasteiger charge is -2.10. The lowest BCUT2D eigenvalue weighted by molar-refractivity contribution is 0.360. The van der Waals surface area contributed by atoms with Gasteiger partial charge in [-0.05, 0) is 29.7 Å². The van der Waals surface area contributed by atoms with Gasteiger partial charge in [-0.25, -0.2) is 0 Å². The van der Waals surface area contributed by atoms with Gasteiger partial charge in [-0.3, -0.25) is 0 Å². The minimum Gasteiger partial charge on any atom is -0.493 e. The topological polar surface area (TPSA) is 9.23 Å². The van der Waals surface area contributed by atoms with E-state index in [4.69, 9.17) is 4.74 Å². The molecule has 0 amide bonds. The first-order chi connectivity index (χ1) is 12.4. The largest absolute Gasteiger partial charge is 0.493 e. The zero-order chi connectivity index (χ0) is 17.3. The monoisotopic (exact) mass is 325 g/mol. The van der Waals surface area contributed by atoms with Crippen LogP contribution in [0.25, 0.3) is 24.3 Å². The first kappa shape index (κ1) is 16.8. The Morgan fingerprint density at radius 3 is 1.84 bits per heavy atom. The van der Waals surface area contributed by atoms with Gasteiger partial charge in [-0.2, -0.15) is 0 Å². The van der Waals surface area contributed by atoms with Crippen LogP contribution in [-0.4, -0.2) is 6.61 Å². The van der Waals surface area contributed by atoms with E-state index in [9.17, 15) is 0 Å². The van der Waals surface area contributed by atoms with Crippen LogP contribution in [-0.2, 0) is 0 Å². The Labute approximate surface area is 149 Å². The fourth-order valence-corrected chi connectivity index (χ4v) is 2.61. The maximum atomic E-state index is 5.72. The van der Waals surface area contributed by atoms with E-state index in [1.54, 1.807) is 0 Å². The van der Waals surface area contributed by atoms with Crippen molar-refractivity contribution in [2.45, 2.75) is 0 Å². The normalized spacial score (nSPS) is 11.2. The molecular formula is C24H21O. The molecular weight excluding hydrogens is 304 g/mol. The zero-order valence-electron chi connectivity index (χ0n) is 14.1. The van der Waals surface area contributed by atoms with Crippen molar-refractivity contribution in [2.24, 2.45) is 0 Å². The Hall–Kier alpha value is -3.06. The van der Waals surface area contributed by atoms with Crippen LogP contribution in [0.2, 0.25) is 0 Å². The summed E-state index contributed by atoms with van der Waals surface area (Å²) in [7, 11) is 0. The van der Waals surface area contributed by atoms with Gasteiger partial charge < -0.3 is 4.74 Å². The standard InChI is InChI=1S/C24H21O/c1-2-25-24-15-9-14-22(18-16-20-10-5-3-6-11-20)23(24)19-17-21-12-7-4-8-13-21/h3-19H,1-2H2. The molecule has 3 rings (SSSR count). The third kappa shape index (κ3) is 4.71. The smallest absolute Gasteiger partial charge is 0.127 e. The average Bonchev–Trinajstić information content (AvgIpc) is 2.67. The summed E-state index contributed by atoms with van der Waals surface area (Å²) in [6.45, 7) is 4.20.